The van der Waals surface area contributed by atoms with Gasteiger partial charge in [-0.2, -0.15) is 4.79 Å². The molecule has 0 radical (unpaired) electrons. The van der Waals surface area contributed by atoms with Gasteiger partial charge in [-0.1, -0.05) is 0 Å². The predicted octanol–water partition coefficient (Wildman–Crippen LogP) is -0.184. The summed E-state index contributed by atoms with van der Waals surface area (Å²) < 4.78 is 0. The molecule has 0 heterocycles. The van der Waals surface area contributed by atoms with Gasteiger partial charge in [-0.05, 0) is 12.2 Å². The van der Waals surface area contributed by atoms with E-state index < -0.39 is 5.78 Å². The zero-order valence-electron chi connectivity index (χ0n) is 6.94. The maximum atomic E-state index is 10.9. The molecular weight excluding hydrogens is 170 g/mol. The first kappa shape index (κ1) is 9.09. The van der Waals surface area contributed by atoms with Crippen LogP contribution < -0.4 is 5.32 Å². The van der Waals surface area contributed by atoms with Gasteiger partial charge in [0.05, 0.1) is 6.08 Å². The monoisotopic (exact) mass is 177 g/mol. The Morgan fingerprint density at radius 2 is 2.23 bits per heavy atom. The summed E-state index contributed by atoms with van der Waals surface area (Å²) in [5, 5.41) is 2.46. The molecule has 0 spiro atoms. The molecule has 0 saturated heterocycles. The van der Waals surface area contributed by atoms with Crippen molar-refractivity contribution < 1.29 is 14.4 Å². The van der Waals surface area contributed by atoms with Gasteiger partial charge in [0.15, 0.2) is 0 Å². The zero-order chi connectivity index (χ0) is 9.84. The van der Waals surface area contributed by atoms with Crippen LogP contribution in [-0.2, 0) is 9.59 Å². The second-order valence-electron chi connectivity index (χ2n) is 2.46. The summed E-state index contributed by atoms with van der Waals surface area (Å²) in [4.78, 5) is 24.3. The fourth-order valence-electron chi connectivity index (χ4n) is 0.877. The minimum atomic E-state index is -0.392. The highest BCUT2D eigenvalue weighted by Crippen LogP contribution is 2.00. The highest BCUT2D eigenvalue weighted by Gasteiger charge is 2.19. The Bertz CT molecular complexity index is 373. The highest BCUT2D eigenvalue weighted by molar-refractivity contribution is 6.46. The number of hydrogen-bond donors (Lipinski definition) is 1. The molecule has 0 aliphatic heterocycles. The van der Waals surface area contributed by atoms with Crippen LogP contribution in [0.1, 0.15) is 6.92 Å². The van der Waals surface area contributed by atoms with Gasteiger partial charge in [-0.25, -0.2) is 0 Å². The van der Waals surface area contributed by atoms with Crippen LogP contribution in [0.15, 0.2) is 23.9 Å². The summed E-state index contributed by atoms with van der Waals surface area (Å²) in [6.07, 6.45) is 3.96. The molecule has 0 aromatic rings. The van der Waals surface area contributed by atoms with Gasteiger partial charge in [-0.15, -0.1) is 0 Å². The first-order chi connectivity index (χ1) is 6.13. The molecule has 13 heavy (non-hydrogen) atoms. The average Bonchev–Trinajstić information content (AvgIpc) is 2.07. The Hall–Kier alpha value is -2.00. The number of rotatable bonds is 1. The lowest BCUT2D eigenvalue weighted by atomic mass is 10.1. The number of hydrogen-bond acceptors (Lipinski definition) is 2. The molecule has 1 aliphatic rings. The van der Waals surface area contributed by atoms with E-state index in [-0.39, 0.29) is 11.6 Å². The van der Waals surface area contributed by atoms with Crippen molar-refractivity contribution in [3.63, 3.8) is 0 Å². The predicted molar refractivity (Wildman–Crippen MR) is 44.7 cm³/mol. The number of nitrogens with zero attached hydrogens (tertiary/aromatic N) is 2. The van der Waals surface area contributed by atoms with Crippen molar-refractivity contribution in [1.82, 2.24) is 5.32 Å². The van der Waals surface area contributed by atoms with E-state index in [1.54, 1.807) is 0 Å². The summed E-state index contributed by atoms with van der Waals surface area (Å²) >= 11 is 0. The first-order valence-electron chi connectivity index (χ1n) is 3.57. The van der Waals surface area contributed by atoms with E-state index in [1.807, 2.05) is 0 Å². The number of nitrogens with one attached hydrogen (secondary N) is 1. The van der Waals surface area contributed by atoms with Crippen LogP contribution in [0.2, 0.25) is 0 Å². The van der Waals surface area contributed by atoms with Crippen LogP contribution in [0.4, 0.5) is 0 Å². The van der Waals surface area contributed by atoms with E-state index in [9.17, 15) is 9.59 Å². The van der Waals surface area contributed by atoms with Gasteiger partial charge in [0.1, 0.15) is 0 Å². The van der Waals surface area contributed by atoms with E-state index in [1.165, 1.54) is 25.2 Å². The van der Waals surface area contributed by atoms with E-state index in [0.29, 0.717) is 5.70 Å². The second-order valence-corrected chi connectivity index (χ2v) is 2.46. The maximum absolute atomic E-state index is 10.9. The molecule has 0 aromatic carbocycles. The Balaban J connectivity index is 2.91. The first-order valence-corrected chi connectivity index (χ1v) is 3.57. The van der Waals surface area contributed by atoms with Crippen LogP contribution in [0.25, 0.3) is 5.53 Å². The molecule has 1 amide bonds. The van der Waals surface area contributed by atoms with Gasteiger partial charge in [0.2, 0.25) is 5.91 Å². The van der Waals surface area contributed by atoms with Crippen LogP contribution in [-0.4, -0.2) is 22.2 Å². The summed E-state index contributed by atoms with van der Waals surface area (Å²) in [6, 6.07) is 0. The molecule has 0 aromatic heterocycles. The summed E-state index contributed by atoms with van der Waals surface area (Å²) in [5.74, 6) is -0.640. The molecular formula is C8H7N3O2. The minimum absolute atomic E-state index is 0.0914. The Kier molecular flexibility index (Phi) is 2.52. The number of carbonyl (C=O) groups excluding carboxylic acids is 2. The van der Waals surface area contributed by atoms with E-state index >= 15 is 0 Å². The Morgan fingerprint density at radius 3 is 2.77 bits per heavy atom. The fourth-order valence-corrected chi connectivity index (χ4v) is 0.877. The zero-order valence-corrected chi connectivity index (χ0v) is 6.94. The summed E-state index contributed by atoms with van der Waals surface area (Å²) in [5.41, 5.74) is 8.73. The van der Waals surface area contributed by atoms with Gasteiger partial charge >= 0.3 is 5.71 Å². The lowest BCUT2D eigenvalue weighted by molar-refractivity contribution is -0.118. The van der Waals surface area contributed by atoms with Crippen LogP contribution in [0, 0.1) is 0 Å². The van der Waals surface area contributed by atoms with E-state index in [2.05, 4.69) is 10.1 Å². The largest absolute Gasteiger partial charge is 0.364 e. The molecule has 1 N–H and O–H groups in total. The quantitative estimate of drug-likeness (QED) is 0.342. The van der Waals surface area contributed by atoms with Crippen LogP contribution in [0.5, 0.6) is 0 Å². The number of allylic oxidation sites excluding steroid dienone is 3. The van der Waals surface area contributed by atoms with Gasteiger partial charge in [0.25, 0.3) is 5.78 Å². The van der Waals surface area contributed by atoms with E-state index in [0.717, 1.165) is 0 Å². The molecule has 5 nitrogen and oxygen atoms in total. The van der Waals surface area contributed by atoms with Gasteiger partial charge < -0.3 is 10.8 Å². The normalized spacial score (nSPS) is 15.0. The molecule has 0 unspecified atom stereocenters. The minimum Gasteiger partial charge on any atom is -0.361 e. The summed E-state index contributed by atoms with van der Waals surface area (Å²) in [7, 11) is 0. The molecule has 1 aliphatic carbocycles. The molecule has 0 fully saturated rings. The SMILES string of the molecule is CC(=O)NC1=CC(=[N+]=[N-])C(=O)C=C1. The summed E-state index contributed by atoms with van der Waals surface area (Å²) in [6.45, 7) is 1.35. The fraction of sp³-hybridized carbons (Fsp3) is 0.125. The smallest absolute Gasteiger partial charge is 0.361 e. The Morgan fingerprint density at radius 1 is 1.54 bits per heavy atom. The molecule has 0 saturated carbocycles. The van der Waals surface area contributed by atoms with Crippen molar-refractivity contribution in [2.24, 2.45) is 0 Å². The van der Waals surface area contributed by atoms with Crippen molar-refractivity contribution >= 4 is 17.4 Å². The molecule has 0 atom stereocenters. The van der Waals surface area contributed by atoms with Crippen LogP contribution >= 0.6 is 0 Å². The van der Waals surface area contributed by atoms with Crippen molar-refractivity contribution in [2.45, 2.75) is 6.92 Å². The van der Waals surface area contributed by atoms with Crippen molar-refractivity contribution in [3.8, 4) is 0 Å². The lowest BCUT2D eigenvalue weighted by Gasteiger charge is -2.03. The van der Waals surface area contributed by atoms with Crippen LogP contribution in [0.3, 0.4) is 0 Å². The van der Waals surface area contributed by atoms with Crippen molar-refractivity contribution in [2.75, 3.05) is 0 Å². The standard InChI is InChI=1S/C8H7N3O2/c1-5(12)10-6-2-3-8(13)7(4-6)11-9/h2-4H,1H3,(H,10,12). The molecule has 5 heteroatoms. The number of ketones is 1. The Labute approximate surface area is 74.4 Å². The highest BCUT2D eigenvalue weighted by atomic mass is 16.1. The maximum Gasteiger partial charge on any atom is 0.364 e. The third-order valence-electron chi connectivity index (χ3n) is 1.39. The number of carbonyl (C=O) groups is 2. The van der Waals surface area contributed by atoms with Crippen molar-refractivity contribution in [3.05, 3.63) is 29.5 Å². The van der Waals surface area contributed by atoms with Gasteiger partial charge in [0, 0.05) is 12.6 Å². The molecule has 1 rings (SSSR count). The number of amides is 1. The molecule has 66 valence electrons. The van der Waals surface area contributed by atoms with Crippen molar-refractivity contribution in [1.29, 1.82) is 0 Å². The topological polar surface area (TPSA) is 82.6 Å². The molecule has 0 bridgehead atoms. The third kappa shape index (κ3) is 2.21. The van der Waals surface area contributed by atoms with Gasteiger partial charge in [-0.3, -0.25) is 9.59 Å². The van der Waals surface area contributed by atoms with E-state index in [4.69, 9.17) is 5.53 Å². The third-order valence-corrected chi connectivity index (χ3v) is 1.39. The second kappa shape index (κ2) is 3.60. The average molecular weight is 177 g/mol. The lowest BCUT2D eigenvalue weighted by Crippen LogP contribution is -2.23.